The summed E-state index contributed by atoms with van der Waals surface area (Å²) in [6.07, 6.45) is 1.89. The maximum Gasteiger partial charge on any atom is 0.491 e. The smallest absolute Gasteiger partial charge is 0.400 e. The van der Waals surface area contributed by atoms with E-state index in [-0.39, 0.29) is 0 Å². The number of hydrogen-bond acceptors (Lipinski definition) is 4. The van der Waals surface area contributed by atoms with Gasteiger partial charge in [0.15, 0.2) is 0 Å². The molecule has 7 heteroatoms. The monoisotopic (exact) mass is 359 g/mol. The average molecular weight is 360 g/mol. The van der Waals surface area contributed by atoms with Crippen LogP contribution in [0.1, 0.15) is 33.3 Å². The molecule has 0 aromatic heterocycles. The lowest BCUT2D eigenvalue weighted by molar-refractivity contribution is 0.00578. The SMILES string of the molecule is CC1(C)OB(C(=Cc2ccc(N)c(Cl)c2Cl)CS)OC1(C)C. The van der Waals surface area contributed by atoms with E-state index in [9.17, 15) is 0 Å². The van der Waals surface area contributed by atoms with Gasteiger partial charge in [-0.2, -0.15) is 12.6 Å². The summed E-state index contributed by atoms with van der Waals surface area (Å²) in [6.45, 7) is 8.04. The topological polar surface area (TPSA) is 44.5 Å². The van der Waals surface area contributed by atoms with Gasteiger partial charge in [-0.1, -0.05) is 35.3 Å². The largest absolute Gasteiger partial charge is 0.491 e. The lowest BCUT2D eigenvalue weighted by atomic mass is 9.78. The molecule has 2 rings (SSSR count). The van der Waals surface area contributed by atoms with E-state index in [1.807, 2.05) is 39.8 Å². The summed E-state index contributed by atoms with van der Waals surface area (Å²) in [5.41, 5.74) is 7.04. The average Bonchev–Trinajstić information content (AvgIpc) is 2.64. The first-order chi connectivity index (χ1) is 10.1. The van der Waals surface area contributed by atoms with Gasteiger partial charge < -0.3 is 15.0 Å². The fourth-order valence-electron chi connectivity index (χ4n) is 2.07. The summed E-state index contributed by atoms with van der Waals surface area (Å²) in [5, 5.41) is 0.764. The molecule has 0 bridgehead atoms. The number of hydrogen-bond donors (Lipinski definition) is 2. The van der Waals surface area contributed by atoms with E-state index in [2.05, 4.69) is 12.6 Å². The van der Waals surface area contributed by atoms with Crippen LogP contribution < -0.4 is 5.73 Å². The molecule has 1 aromatic carbocycles. The van der Waals surface area contributed by atoms with E-state index in [1.165, 1.54) is 0 Å². The minimum Gasteiger partial charge on any atom is -0.400 e. The zero-order chi connectivity index (χ0) is 16.7. The molecule has 0 amide bonds. The van der Waals surface area contributed by atoms with Gasteiger partial charge in [-0.25, -0.2) is 0 Å². The molecule has 0 spiro atoms. The van der Waals surface area contributed by atoms with Crippen LogP contribution in [0.15, 0.2) is 17.6 Å². The van der Waals surface area contributed by atoms with Crippen molar-refractivity contribution in [1.82, 2.24) is 0 Å². The lowest BCUT2D eigenvalue weighted by Crippen LogP contribution is -2.41. The number of thiol groups is 1. The molecule has 22 heavy (non-hydrogen) atoms. The van der Waals surface area contributed by atoms with Crippen LogP contribution in [-0.2, 0) is 9.31 Å². The number of rotatable bonds is 3. The summed E-state index contributed by atoms with van der Waals surface area (Å²) in [7, 11) is -0.463. The van der Waals surface area contributed by atoms with Gasteiger partial charge in [0, 0.05) is 5.75 Å². The summed E-state index contributed by atoms with van der Waals surface area (Å²) >= 11 is 16.7. The van der Waals surface area contributed by atoms with Gasteiger partial charge in [0.1, 0.15) is 0 Å². The van der Waals surface area contributed by atoms with Crippen LogP contribution in [0.5, 0.6) is 0 Å². The molecule has 0 radical (unpaired) electrons. The number of nitrogen functional groups attached to an aromatic ring is 1. The molecule has 0 aliphatic carbocycles. The van der Waals surface area contributed by atoms with Gasteiger partial charge in [-0.05, 0) is 44.8 Å². The van der Waals surface area contributed by atoms with Gasteiger partial charge in [0.25, 0.3) is 0 Å². The third-order valence-corrected chi connectivity index (χ3v) is 5.50. The van der Waals surface area contributed by atoms with Gasteiger partial charge in [0.2, 0.25) is 0 Å². The Balaban J connectivity index is 2.36. The van der Waals surface area contributed by atoms with Crippen molar-refractivity contribution in [3.63, 3.8) is 0 Å². The Labute approximate surface area is 147 Å². The minimum absolute atomic E-state index is 0.350. The highest BCUT2D eigenvalue weighted by molar-refractivity contribution is 7.80. The zero-order valence-corrected chi connectivity index (χ0v) is 15.5. The molecule has 1 aromatic rings. The van der Waals surface area contributed by atoms with Crippen molar-refractivity contribution in [3.05, 3.63) is 33.2 Å². The fourth-order valence-corrected chi connectivity index (χ4v) is 2.71. The molecule has 120 valence electrons. The Morgan fingerprint density at radius 2 is 1.73 bits per heavy atom. The number of nitrogens with two attached hydrogens (primary N) is 1. The van der Waals surface area contributed by atoms with Crippen molar-refractivity contribution in [2.24, 2.45) is 0 Å². The molecule has 2 N–H and O–H groups in total. The standard InChI is InChI=1S/C15H20BCl2NO2S/c1-14(2)15(3,4)21-16(20-14)10(8-22)7-9-5-6-11(19)13(18)12(9)17/h5-7,22H,8,19H2,1-4H3. The van der Waals surface area contributed by atoms with E-state index in [0.29, 0.717) is 21.5 Å². The molecule has 1 fully saturated rings. The molecule has 1 heterocycles. The molecule has 0 atom stereocenters. The third kappa shape index (κ3) is 3.29. The molecule has 0 saturated carbocycles. The van der Waals surface area contributed by atoms with Crippen LogP contribution in [0.2, 0.25) is 10.0 Å². The first-order valence-electron chi connectivity index (χ1n) is 6.99. The second-order valence-electron chi connectivity index (χ2n) is 6.34. The van der Waals surface area contributed by atoms with Crippen molar-refractivity contribution in [2.75, 3.05) is 11.5 Å². The van der Waals surface area contributed by atoms with E-state index in [1.54, 1.807) is 6.07 Å². The lowest BCUT2D eigenvalue weighted by Gasteiger charge is -2.32. The summed E-state index contributed by atoms with van der Waals surface area (Å²) in [6, 6.07) is 3.54. The summed E-state index contributed by atoms with van der Waals surface area (Å²) < 4.78 is 12.1. The van der Waals surface area contributed by atoms with Crippen molar-refractivity contribution in [2.45, 2.75) is 38.9 Å². The van der Waals surface area contributed by atoms with Crippen molar-refractivity contribution >= 4 is 54.7 Å². The molecule has 1 aliphatic rings. The van der Waals surface area contributed by atoms with Gasteiger partial charge in [-0.15, -0.1) is 0 Å². The van der Waals surface area contributed by atoms with Crippen molar-refractivity contribution in [1.29, 1.82) is 0 Å². The third-order valence-electron chi connectivity index (χ3n) is 4.22. The molecular weight excluding hydrogens is 340 g/mol. The van der Waals surface area contributed by atoms with E-state index in [0.717, 1.165) is 11.0 Å². The van der Waals surface area contributed by atoms with Gasteiger partial charge in [0.05, 0.1) is 26.9 Å². The Hall–Kier alpha value is -0.325. The maximum absolute atomic E-state index is 6.26. The summed E-state index contributed by atoms with van der Waals surface area (Å²) in [4.78, 5) is 0. The predicted octanol–water partition coefficient (Wildman–Crippen LogP) is 4.52. The quantitative estimate of drug-likeness (QED) is 0.473. The van der Waals surface area contributed by atoms with E-state index in [4.69, 9.17) is 38.2 Å². The highest BCUT2D eigenvalue weighted by Crippen LogP contribution is 2.39. The van der Waals surface area contributed by atoms with Crippen LogP contribution in [-0.4, -0.2) is 24.1 Å². The first-order valence-corrected chi connectivity index (χ1v) is 8.38. The van der Waals surface area contributed by atoms with Crippen molar-refractivity contribution in [3.8, 4) is 0 Å². The van der Waals surface area contributed by atoms with Crippen molar-refractivity contribution < 1.29 is 9.31 Å². The van der Waals surface area contributed by atoms with Crippen LogP contribution in [0.25, 0.3) is 6.08 Å². The second kappa shape index (κ2) is 6.29. The minimum atomic E-state index is -0.463. The molecular formula is C15H20BCl2NO2S. The number of halogens is 2. The second-order valence-corrected chi connectivity index (χ2v) is 7.41. The van der Waals surface area contributed by atoms with Crippen LogP contribution in [0.3, 0.4) is 0 Å². The molecule has 0 unspecified atom stereocenters. The Kier molecular flexibility index (Phi) is 5.15. The first kappa shape index (κ1) is 18.0. The number of benzene rings is 1. The summed E-state index contributed by atoms with van der Waals surface area (Å²) in [5.74, 6) is 0.481. The van der Waals surface area contributed by atoms with Crippen LogP contribution >= 0.6 is 35.8 Å². The maximum atomic E-state index is 6.26. The van der Waals surface area contributed by atoms with Gasteiger partial charge in [-0.3, -0.25) is 0 Å². The van der Waals surface area contributed by atoms with E-state index < -0.39 is 18.3 Å². The number of anilines is 1. The van der Waals surface area contributed by atoms with Crippen LogP contribution in [0, 0.1) is 0 Å². The Morgan fingerprint density at radius 3 is 2.23 bits per heavy atom. The fraction of sp³-hybridized carbons (Fsp3) is 0.467. The van der Waals surface area contributed by atoms with Crippen LogP contribution in [0.4, 0.5) is 5.69 Å². The molecule has 1 aliphatic heterocycles. The Bertz CT molecular complexity index is 604. The molecule has 3 nitrogen and oxygen atoms in total. The Morgan fingerprint density at radius 1 is 1.18 bits per heavy atom. The van der Waals surface area contributed by atoms with Gasteiger partial charge >= 0.3 is 7.12 Å². The highest BCUT2D eigenvalue weighted by Gasteiger charge is 2.52. The zero-order valence-electron chi connectivity index (χ0n) is 13.1. The highest BCUT2D eigenvalue weighted by atomic mass is 35.5. The molecule has 1 saturated heterocycles. The van der Waals surface area contributed by atoms with E-state index >= 15 is 0 Å². The predicted molar refractivity (Wildman–Crippen MR) is 98.8 cm³/mol. The normalized spacial score (nSPS) is 20.5.